The Morgan fingerprint density at radius 3 is 0.702 bits per heavy atom. The molecular formula is C75H146O17P2. The predicted molar refractivity (Wildman–Crippen MR) is 381 cm³/mol. The minimum atomic E-state index is -4.96. The topological polar surface area (TPSA) is 237 Å². The van der Waals surface area contributed by atoms with E-state index in [9.17, 15) is 43.2 Å². The molecule has 558 valence electrons. The maximum Gasteiger partial charge on any atom is 0.472 e. The Morgan fingerprint density at radius 2 is 0.479 bits per heavy atom. The van der Waals surface area contributed by atoms with E-state index >= 15 is 0 Å². The molecular weight excluding hydrogens is 1230 g/mol. The lowest BCUT2D eigenvalue weighted by Gasteiger charge is -2.21. The van der Waals surface area contributed by atoms with Gasteiger partial charge in [-0.1, -0.05) is 325 Å². The zero-order valence-electron chi connectivity index (χ0n) is 61.6. The van der Waals surface area contributed by atoms with Crippen molar-refractivity contribution in [1.82, 2.24) is 0 Å². The maximum absolute atomic E-state index is 13.1. The van der Waals surface area contributed by atoms with Crippen LogP contribution < -0.4 is 0 Å². The van der Waals surface area contributed by atoms with Crippen LogP contribution in [0.25, 0.3) is 0 Å². The summed E-state index contributed by atoms with van der Waals surface area (Å²) in [5, 5.41) is 10.6. The molecule has 0 fully saturated rings. The Labute approximate surface area is 575 Å². The molecule has 0 saturated heterocycles. The van der Waals surface area contributed by atoms with E-state index < -0.39 is 97.5 Å². The zero-order chi connectivity index (χ0) is 69.6. The highest BCUT2D eigenvalue weighted by Gasteiger charge is 2.30. The second kappa shape index (κ2) is 64.4. The number of phosphoric ester groups is 2. The molecule has 0 amide bonds. The molecule has 0 radical (unpaired) electrons. The first kappa shape index (κ1) is 92.1. The Bertz CT molecular complexity index is 1860. The fourth-order valence-electron chi connectivity index (χ4n) is 11.2. The first-order valence-electron chi connectivity index (χ1n) is 38.9. The van der Waals surface area contributed by atoms with Crippen molar-refractivity contribution in [3.8, 4) is 0 Å². The Hall–Kier alpha value is -1.94. The molecule has 0 spiro atoms. The highest BCUT2D eigenvalue weighted by Crippen LogP contribution is 2.45. The molecule has 0 aliphatic heterocycles. The number of aliphatic hydroxyl groups is 1. The zero-order valence-corrected chi connectivity index (χ0v) is 63.4. The molecule has 0 aromatic rings. The third-order valence-corrected chi connectivity index (χ3v) is 20.7. The maximum atomic E-state index is 13.1. The molecule has 6 unspecified atom stereocenters. The molecule has 0 aliphatic rings. The van der Waals surface area contributed by atoms with Crippen molar-refractivity contribution in [2.45, 2.75) is 395 Å². The third kappa shape index (κ3) is 63.5. The minimum Gasteiger partial charge on any atom is -0.462 e. The van der Waals surface area contributed by atoms with Gasteiger partial charge in [0.2, 0.25) is 0 Å². The van der Waals surface area contributed by atoms with E-state index in [2.05, 4.69) is 55.4 Å². The van der Waals surface area contributed by atoms with Crippen molar-refractivity contribution < 1.29 is 80.2 Å². The lowest BCUT2D eigenvalue weighted by atomic mass is 9.99. The number of rotatable bonds is 72. The molecule has 0 aromatic carbocycles. The van der Waals surface area contributed by atoms with Crippen molar-refractivity contribution in [2.75, 3.05) is 39.6 Å². The van der Waals surface area contributed by atoms with Gasteiger partial charge >= 0.3 is 39.5 Å². The Balaban J connectivity index is 5.17. The van der Waals surface area contributed by atoms with Gasteiger partial charge in [-0.3, -0.25) is 37.3 Å². The molecule has 0 aromatic heterocycles. The summed E-state index contributed by atoms with van der Waals surface area (Å²) in [6.45, 7) is 14.2. The first-order chi connectivity index (χ1) is 45.2. The highest BCUT2D eigenvalue weighted by atomic mass is 31.2. The number of carbonyl (C=O) groups excluding carboxylic acids is 4. The Morgan fingerprint density at radius 1 is 0.287 bits per heavy atom. The largest absolute Gasteiger partial charge is 0.472 e. The van der Waals surface area contributed by atoms with Gasteiger partial charge in [-0.15, -0.1) is 0 Å². The molecule has 0 heterocycles. The SMILES string of the molecule is CCC(C)CCCCCCCCCCCCCCCCCCCCC(=O)O[C@H](COC(=O)CCCCCCCCC(C)CC)COP(=O)(O)OC[C@@H](O)COP(=O)(O)OC[C@@H](COC(=O)CCCCCCCCC(C)CC)OC(=O)CCCCCCCCCCC(C)CC. The number of carbonyl (C=O) groups is 4. The van der Waals surface area contributed by atoms with Gasteiger partial charge in [-0.05, 0) is 49.4 Å². The summed E-state index contributed by atoms with van der Waals surface area (Å²) < 4.78 is 68.4. The fourth-order valence-corrected chi connectivity index (χ4v) is 12.8. The summed E-state index contributed by atoms with van der Waals surface area (Å²) >= 11 is 0. The van der Waals surface area contributed by atoms with E-state index in [0.717, 1.165) is 126 Å². The van der Waals surface area contributed by atoms with Crippen molar-refractivity contribution in [3.63, 3.8) is 0 Å². The van der Waals surface area contributed by atoms with E-state index in [1.165, 1.54) is 167 Å². The average molecular weight is 1380 g/mol. The number of unbranched alkanes of at least 4 members (excludes halogenated alkanes) is 34. The molecule has 0 bridgehead atoms. The second-order valence-electron chi connectivity index (χ2n) is 28.0. The summed E-state index contributed by atoms with van der Waals surface area (Å²) in [5.74, 6) is 0.975. The van der Waals surface area contributed by atoms with Crippen LogP contribution in [0.4, 0.5) is 0 Å². The molecule has 94 heavy (non-hydrogen) atoms. The molecule has 19 heteroatoms. The monoisotopic (exact) mass is 1380 g/mol. The van der Waals surface area contributed by atoms with Gasteiger partial charge in [0.25, 0.3) is 0 Å². The van der Waals surface area contributed by atoms with Gasteiger partial charge in [-0.25, -0.2) is 9.13 Å². The number of phosphoric acid groups is 2. The quantitative estimate of drug-likeness (QED) is 0.0222. The number of hydrogen-bond donors (Lipinski definition) is 3. The van der Waals surface area contributed by atoms with Gasteiger partial charge in [0, 0.05) is 25.7 Å². The van der Waals surface area contributed by atoms with Crippen LogP contribution in [0, 0.1) is 23.7 Å². The molecule has 17 nitrogen and oxygen atoms in total. The molecule has 0 saturated carbocycles. The minimum absolute atomic E-state index is 0.104. The van der Waals surface area contributed by atoms with Crippen LogP contribution in [0.15, 0.2) is 0 Å². The number of ether oxygens (including phenoxy) is 4. The van der Waals surface area contributed by atoms with E-state index in [0.29, 0.717) is 25.7 Å². The number of aliphatic hydroxyl groups excluding tert-OH is 1. The standard InChI is InChI=1S/C75H146O17P2/c1-9-65(5)51-43-35-27-23-21-19-17-15-13-14-16-18-20-22-24-29-41-49-57-74(79)91-70(61-85-72(77)55-47-39-33-31-37-45-53-67(7)11-3)63-89-93(81,82)87-59-69(76)60-88-94(83,84)90-64-71(62-86-73(78)56-48-40-34-32-38-46-54-68(8)12-4)92-75(80)58-50-42-30-26-25-28-36-44-52-66(6)10-2/h65-71,76H,9-64H2,1-8H3,(H,81,82)(H,83,84)/t65?,66?,67?,68?,69-,70-,71-/m1/s1. The van der Waals surface area contributed by atoms with Crippen molar-refractivity contribution in [2.24, 2.45) is 23.7 Å². The van der Waals surface area contributed by atoms with Gasteiger partial charge < -0.3 is 33.8 Å². The lowest BCUT2D eigenvalue weighted by molar-refractivity contribution is -0.161. The van der Waals surface area contributed by atoms with Crippen LogP contribution in [-0.2, 0) is 65.4 Å². The lowest BCUT2D eigenvalue weighted by Crippen LogP contribution is -2.30. The molecule has 0 rings (SSSR count). The predicted octanol–water partition coefficient (Wildman–Crippen LogP) is 21.7. The average Bonchev–Trinajstić information content (AvgIpc) is 1.89. The van der Waals surface area contributed by atoms with Crippen LogP contribution in [-0.4, -0.2) is 96.7 Å². The van der Waals surface area contributed by atoms with Crippen LogP contribution >= 0.6 is 15.6 Å². The van der Waals surface area contributed by atoms with E-state index in [1.54, 1.807) is 0 Å². The van der Waals surface area contributed by atoms with E-state index in [1.807, 2.05) is 0 Å². The third-order valence-electron chi connectivity index (χ3n) is 18.8. The summed E-state index contributed by atoms with van der Waals surface area (Å²) in [4.78, 5) is 72.7. The van der Waals surface area contributed by atoms with Crippen LogP contribution in [0.2, 0.25) is 0 Å². The van der Waals surface area contributed by atoms with E-state index in [-0.39, 0.29) is 25.7 Å². The second-order valence-corrected chi connectivity index (χ2v) is 30.9. The van der Waals surface area contributed by atoms with Crippen molar-refractivity contribution >= 4 is 39.5 Å². The number of hydrogen-bond acceptors (Lipinski definition) is 15. The van der Waals surface area contributed by atoms with Crippen LogP contribution in [0.5, 0.6) is 0 Å². The summed E-state index contributed by atoms with van der Waals surface area (Å²) in [5.41, 5.74) is 0. The van der Waals surface area contributed by atoms with Gasteiger partial charge in [0.1, 0.15) is 19.3 Å². The van der Waals surface area contributed by atoms with Gasteiger partial charge in [0.05, 0.1) is 26.4 Å². The number of esters is 4. The molecule has 9 atom stereocenters. The summed E-state index contributed by atoms with van der Waals surface area (Å²) in [6, 6.07) is 0. The Kier molecular flexibility index (Phi) is 63.1. The van der Waals surface area contributed by atoms with Crippen LogP contribution in [0.3, 0.4) is 0 Å². The van der Waals surface area contributed by atoms with Gasteiger partial charge in [0.15, 0.2) is 12.2 Å². The highest BCUT2D eigenvalue weighted by molar-refractivity contribution is 7.47. The smallest absolute Gasteiger partial charge is 0.462 e. The van der Waals surface area contributed by atoms with Gasteiger partial charge in [-0.2, -0.15) is 0 Å². The summed E-state index contributed by atoms with van der Waals surface area (Å²) in [6.07, 6.45) is 48.7. The molecule has 0 aliphatic carbocycles. The van der Waals surface area contributed by atoms with E-state index in [4.69, 9.17) is 37.0 Å². The summed E-state index contributed by atoms with van der Waals surface area (Å²) in [7, 11) is -9.91. The first-order valence-corrected chi connectivity index (χ1v) is 41.8. The fraction of sp³-hybridized carbons (Fsp3) is 0.947. The molecule has 3 N–H and O–H groups in total. The normalized spacial score (nSPS) is 15.3. The van der Waals surface area contributed by atoms with Crippen molar-refractivity contribution in [1.29, 1.82) is 0 Å². The van der Waals surface area contributed by atoms with Crippen molar-refractivity contribution in [3.05, 3.63) is 0 Å². The van der Waals surface area contributed by atoms with Crippen LogP contribution in [0.1, 0.15) is 376 Å².